The van der Waals surface area contributed by atoms with Gasteiger partial charge in [0.1, 0.15) is 13.2 Å². The number of nitrogens with one attached hydrogen (secondary N) is 1. The van der Waals surface area contributed by atoms with E-state index in [0.29, 0.717) is 43.4 Å². The molecule has 0 rings (SSSR count). The predicted molar refractivity (Wildman–Crippen MR) is 254 cm³/mol. The van der Waals surface area contributed by atoms with Gasteiger partial charge >= 0.3 is 17.9 Å². The molecule has 0 aliphatic carbocycles. The minimum atomic E-state index is -1.64. The second-order valence-electron chi connectivity index (χ2n) is 17.9. The number of aliphatic carboxylic acids is 1. The van der Waals surface area contributed by atoms with Gasteiger partial charge in [-0.3, -0.25) is 19.9 Å². The molecule has 0 aliphatic heterocycles. The summed E-state index contributed by atoms with van der Waals surface area (Å²) in [5.41, 5.74) is 15.3. The topological polar surface area (TPSA) is 192 Å². The molecule has 0 radical (unpaired) electrons. The maximum atomic E-state index is 13.0. The van der Waals surface area contributed by atoms with E-state index in [4.69, 9.17) is 26.7 Å². The highest BCUT2D eigenvalue weighted by Gasteiger charge is 2.34. The van der Waals surface area contributed by atoms with Gasteiger partial charge in [-0.05, 0) is 77.0 Å². The molecule has 0 amide bonds. The van der Waals surface area contributed by atoms with Crippen molar-refractivity contribution in [3.8, 4) is 0 Å². The molecule has 0 aromatic rings. The summed E-state index contributed by atoms with van der Waals surface area (Å²) in [5.74, 6) is -1.79. The first-order valence-electron chi connectivity index (χ1n) is 24.6. The molecular weight excluding hydrogens is 769 g/mol. The van der Waals surface area contributed by atoms with E-state index in [0.717, 1.165) is 64.2 Å². The molecule has 0 fully saturated rings. The number of hydrogen-bond donors (Lipinski definition) is 5. The van der Waals surface area contributed by atoms with Gasteiger partial charge in [0.05, 0.1) is 20.6 Å². The summed E-state index contributed by atoms with van der Waals surface area (Å²) in [6, 6.07) is 0. The van der Waals surface area contributed by atoms with Crippen LogP contribution in [0.3, 0.4) is 0 Å². The number of carboxylic acid groups (broad SMARTS) is 1. The van der Waals surface area contributed by atoms with Crippen molar-refractivity contribution in [3.05, 3.63) is 24.3 Å². The van der Waals surface area contributed by atoms with Crippen LogP contribution in [0, 0.1) is 0 Å². The number of rotatable bonds is 44. The number of carboxylic acids is 1. The molecule has 61 heavy (non-hydrogen) atoms. The Bertz CT molecular complexity index is 1170. The maximum Gasteiger partial charge on any atom is 0.338 e. The molecule has 8 N–H and O–H groups in total. The molecule has 0 aromatic heterocycles. The number of allylic oxidation sites excluding steroid dienone is 4. The SMILES string of the molecule is CCCCCCCC/C=C\CCCCCCCC(=O)OCC(C[N+](C)(C)CCNC(N)(CCCN=C(N)N)C(=O)O)OC(=O)CCCCCCC/C=C\CCCCCCCC. The van der Waals surface area contributed by atoms with Crippen LogP contribution in [0.1, 0.15) is 206 Å². The fourth-order valence-corrected chi connectivity index (χ4v) is 7.37. The van der Waals surface area contributed by atoms with E-state index in [9.17, 15) is 19.5 Å². The Morgan fingerprint density at radius 1 is 0.656 bits per heavy atom. The summed E-state index contributed by atoms with van der Waals surface area (Å²) in [6.07, 6.45) is 40.7. The standard InChI is InChI=1S/C49H94N6O6/c1-5-7-9-11-13-15-17-19-21-23-25-27-29-31-33-36-45(56)60-43-44(42-55(3,4)41-40-54-49(52,47(58)59)38-35-39-53-48(50)51)61-46(57)37-34-32-30-28-26-24-22-20-18-16-14-12-10-8-6-2/h19-22,44,54H,5-18,23-43,52H2,1-4H3,(H4-,50,51,53,58,59)/p+1/b21-19-,22-20-. The predicted octanol–water partition coefficient (Wildman–Crippen LogP) is 9.98. The molecule has 0 bridgehead atoms. The molecule has 356 valence electrons. The fraction of sp³-hybridized carbons (Fsp3) is 0.837. The second kappa shape index (κ2) is 39.9. The summed E-state index contributed by atoms with van der Waals surface area (Å²) in [7, 11) is 3.94. The van der Waals surface area contributed by atoms with Gasteiger partial charge in [0.2, 0.25) is 0 Å². The van der Waals surface area contributed by atoms with Gasteiger partial charge in [0.25, 0.3) is 0 Å². The number of esters is 2. The van der Waals surface area contributed by atoms with Crippen LogP contribution in [0.5, 0.6) is 0 Å². The molecular formula is C49H95N6O6+. The third-order valence-corrected chi connectivity index (χ3v) is 11.3. The monoisotopic (exact) mass is 864 g/mol. The molecule has 12 nitrogen and oxygen atoms in total. The number of ether oxygens (including phenoxy) is 2. The van der Waals surface area contributed by atoms with E-state index >= 15 is 0 Å². The second-order valence-corrected chi connectivity index (χ2v) is 17.9. The summed E-state index contributed by atoms with van der Waals surface area (Å²) in [6.45, 7) is 5.94. The van der Waals surface area contributed by atoms with Crippen LogP contribution in [-0.4, -0.2) is 92.1 Å². The number of hydrogen-bond acceptors (Lipinski definition) is 8. The Morgan fingerprint density at radius 2 is 1.08 bits per heavy atom. The van der Waals surface area contributed by atoms with Crippen molar-refractivity contribution >= 4 is 23.9 Å². The Labute approximate surface area is 373 Å². The molecule has 2 atom stereocenters. The van der Waals surface area contributed by atoms with Crippen molar-refractivity contribution in [3.63, 3.8) is 0 Å². The smallest absolute Gasteiger partial charge is 0.338 e. The number of carbonyl (C=O) groups excluding carboxylic acids is 2. The number of likely N-dealkylation sites (N-methyl/N-ethyl adjacent to an activating group) is 1. The highest BCUT2D eigenvalue weighted by atomic mass is 16.6. The van der Waals surface area contributed by atoms with Crippen LogP contribution in [-0.2, 0) is 23.9 Å². The minimum Gasteiger partial charge on any atom is -0.479 e. The summed E-state index contributed by atoms with van der Waals surface area (Å²) in [4.78, 5) is 41.8. The highest BCUT2D eigenvalue weighted by molar-refractivity contribution is 5.78. The molecule has 0 aromatic carbocycles. The van der Waals surface area contributed by atoms with Gasteiger partial charge in [-0.15, -0.1) is 0 Å². The van der Waals surface area contributed by atoms with Gasteiger partial charge in [0.15, 0.2) is 17.7 Å². The molecule has 0 saturated heterocycles. The fourth-order valence-electron chi connectivity index (χ4n) is 7.37. The van der Waals surface area contributed by atoms with Crippen molar-refractivity contribution in [2.45, 2.75) is 218 Å². The maximum absolute atomic E-state index is 13.0. The van der Waals surface area contributed by atoms with Crippen LogP contribution < -0.4 is 22.5 Å². The lowest BCUT2D eigenvalue weighted by molar-refractivity contribution is -0.892. The van der Waals surface area contributed by atoms with Crippen molar-refractivity contribution in [2.24, 2.45) is 22.2 Å². The third kappa shape index (κ3) is 38.4. The zero-order valence-corrected chi connectivity index (χ0v) is 39.8. The van der Waals surface area contributed by atoms with Crippen LogP contribution >= 0.6 is 0 Å². The molecule has 0 spiro atoms. The first kappa shape index (κ1) is 58.0. The zero-order valence-electron chi connectivity index (χ0n) is 39.8. The first-order valence-corrected chi connectivity index (χ1v) is 24.6. The van der Waals surface area contributed by atoms with E-state index < -0.39 is 17.7 Å². The molecule has 2 unspecified atom stereocenters. The number of nitrogens with zero attached hydrogens (tertiary/aromatic N) is 2. The van der Waals surface area contributed by atoms with Crippen molar-refractivity contribution < 1.29 is 33.4 Å². The van der Waals surface area contributed by atoms with E-state index in [-0.39, 0.29) is 37.5 Å². The first-order chi connectivity index (χ1) is 29.3. The van der Waals surface area contributed by atoms with Crippen LogP contribution in [0.2, 0.25) is 0 Å². The van der Waals surface area contributed by atoms with Crippen molar-refractivity contribution in [2.75, 3.05) is 46.9 Å². The summed E-state index contributed by atoms with van der Waals surface area (Å²) in [5, 5.41) is 12.8. The normalized spacial score (nSPS) is 13.4. The lowest BCUT2D eigenvalue weighted by Gasteiger charge is -2.34. The zero-order chi connectivity index (χ0) is 45.3. The third-order valence-electron chi connectivity index (χ3n) is 11.3. The Hall–Kier alpha value is -2.96. The average Bonchev–Trinajstić information content (AvgIpc) is 3.21. The van der Waals surface area contributed by atoms with Gasteiger partial charge in [0, 0.05) is 25.9 Å². The number of nitrogens with two attached hydrogens (primary N) is 3. The van der Waals surface area contributed by atoms with Crippen LogP contribution in [0.15, 0.2) is 29.3 Å². The minimum absolute atomic E-state index is 0.0160. The van der Waals surface area contributed by atoms with Crippen molar-refractivity contribution in [1.82, 2.24) is 5.32 Å². The van der Waals surface area contributed by atoms with E-state index in [1.54, 1.807) is 0 Å². The van der Waals surface area contributed by atoms with Crippen molar-refractivity contribution in [1.29, 1.82) is 0 Å². The van der Waals surface area contributed by atoms with E-state index in [1.807, 2.05) is 14.1 Å². The summed E-state index contributed by atoms with van der Waals surface area (Å²) >= 11 is 0. The number of guanidine groups is 1. The quantitative estimate of drug-likeness (QED) is 0.00749. The largest absolute Gasteiger partial charge is 0.479 e. The molecule has 12 heteroatoms. The average molecular weight is 864 g/mol. The number of aliphatic imine (C=N–C) groups is 1. The van der Waals surface area contributed by atoms with E-state index in [2.05, 4.69) is 48.5 Å². The number of unbranched alkanes of at least 4 members (excludes halogenated alkanes) is 22. The highest BCUT2D eigenvalue weighted by Crippen LogP contribution is 2.15. The molecule has 0 aliphatic rings. The number of quaternary nitrogens is 1. The van der Waals surface area contributed by atoms with E-state index in [1.165, 1.54) is 103 Å². The Kier molecular flexibility index (Phi) is 37.9. The summed E-state index contributed by atoms with van der Waals surface area (Å²) < 4.78 is 12.0. The van der Waals surface area contributed by atoms with Gasteiger partial charge in [-0.2, -0.15) is 0 Å². The molecule has 0 heterocycles. The number of carbonyl (C=O) groups is 3. The molecule has 0 saturated carbocycles. The van der Waals surface area contributed by atoms with Crippen LogP contribution in [0.4, 0.5) is 0 Å². The van der Waals surface area contributed by atoms with Gasteiger partial charge in [-0.25, -0.2) is 4.79 Å². The lowest BCUT2D eigenvalue weighted by atomic mass is 10.0. The Morgan fingerprint density at radius 3 is 1.52 bits per heavy atom. The van der Waals surface area contributed by atoms with Crippen LogP contribution in [0.25, 0.3) is 0 Å². The van der Waals surface area contributed by atoms with Gasteiger partial charge < -0.3 is 36.3 Å². The Balaban J connectivity index is 4.80. The van der Waals surface area contributed by atoms with Gasteiger partial charge in [-0.1, -0.05) is 141 Å². The lowest BCUT2D eigenvalue weighted by Crippen LogP contribution is -2.62.